The lowest BCUT2D eigenvalue weighted by atomic mass is 10.1. The Labute approximate surface area is 179 Å². The Hall–Kier alpha value is -3.73. The summed E-state index contributed by atoms with van der Waals surface area (Å²) in [6.07, 6.45) is 0. The lowest BCUT2D eigenvalue weighted by Crippen LogP contribution is -2.25. The number of carbonyl (C=O) groups excluding carboxylic acids is 4. The van der Waals surface area contributed by atoms with Crippen molar-refractivity contribution in [3.05, 3.63) is 50.3 Å². The summed E-state index contributed by atoms with van der Waals surface area (Å²) in [4.78, 5) is 60.6. The SMILES string of the molecule is COC(=O)c1sc(NC(=O)Cn2c(=O)oc3cc(C(C)=O)ccc32)c(C(=O)OC)c1C. The molecule has 0 fully saturated rings. The van der Waals surface area contributed by atoms with E-state index in [1.54, 1.807) is 0 Å². The van der Waals surface area contributed by atoms with Gasteiger partial charge in [-0.2, -0.15) is 0 Å². The van der Waals surface area contributed by atoms with Crippen molar-refractivity contribution in [1.29, 1.82) is 0 Å². The van der Waals surface area contributed by atoms with Gasteiger partial charge in [0.2, 0.25) is 5.91 Å². The minimum Gasteiger partial charge on any atom is -0.465 e. The number of fused-ring (bicyclic) bond motifs is 1. The molecule has 11 heteroatoms. The molecule has 0 aliphatic heterocycles. The van der Waals surface area contributed by atoms with Crippen LogP contribution in [0, 0.1) is 6.92 Å². The van der Waals surface area contributed by atoms with Crippen molar-refractivity contribution in [1.82, 2.24) is 4.57 Å². The van der Waals surface area contributed by atoms with Crippen LogP contribution in [0.15, 0.2) is 27.4 Å². The van der Waals surface area contributed by atoms with Crippen LogP contribution in [0.5, 0.6) is 0 Å². The maximum atomic E-state index is 12.6. The van der Waals surface area contributed by atoms with E-state index in [4.69, 9.17) is 13.9 Å². The van der Waals surface area contributed by atoms with Crippen molar-refractivity contribution in [2.45, 2.75) is 20.4 Å². The third kappa shape index (κ3) is 4.12. The fourth-order valence-electron chi connectivity index (χ4n) is 2.98. The number of methoxy groups -OCH3 is 2. The fraction of sp³-hybridized carbons (Fsp3) is 0.250. The Kier molecular flexibility index (Phi) is 6.07. The van der Waals surface area contributed by atoms with Gasteiger partial charge in [0, 0.05) is 5.56 Å². The molecule has 0 spiro atoms. The van der Waals surface area contributed by atoms with Crippen molar-refractivity contribution in [3.8, 4) is 0 Å². The van der Waals surface area contributed by atoms with Crippen LogP contribution in [0.25, 0.3) is 11.1 Å². The highest BCUT2D eigenvalue weighted by Crippen LogP contribution is 2.34. The second-order valence-corrected chi connectivity index (χ2v) is 7.51. The first-order valence-electron chi connectivity index (χ1n) is 8.92. The van der Waals surface area contributed by atoms with Crippen LogP contribution in [0.4, 0.5) is 5.00 Å². The van der Waals surface area contributed by atoms with Gasteiger partial charge in [0.05, 0.1) is 25.3 Å². The molecule has 0 aliphatic carbocycles. The van der Waals surface area contributed by atoms with Crippen molar-refractivity contribution >= 4 is 51.1 Å². The first kappa shape index (κ1) is 22.0. The molecule has 31 heavy (non-hydrogen) atoms. The van der Waals surface area contributed by atoms with E-state index in [1.807, 2.05) is 0 Å². The lowest BCUT2D eigenvalue weighted by Gasteiger charge is -2.06. The average Bonchev–Trinajstić information content (AvgIpc) is 3.22. The Balaban J connectivity index is 1.93. The molecule has 1 amide bonds. The number of Topliss-reactive ketones (excluding diaryl/α,β-unsaturated/α-hetero) is 1. The molecule has 0 unspecified atom stereocenters. The third-order valence-corrected chi connectivity index (χ3v) is 5.72. The summed E-state index contributed by atoms with van der Waals surface area (Å²) in [5.74, 6) is -3.01. The van der Waals surface area contributed by atoms with E-state index < -0.39 is 30.1 Å². The standard InChI is InChI=1S/C20H18N2O8S/c1-9-15(18(25)28-3)17(31-16(9)19(26)29-4)21-14(24)8-22-12-6-5-11(10(2)23)7-13(12)30-20(22)27/h5-7H,8H2,1-4H3,(H,21,24). The number of aromatic nitrogens is 1. The molecule has 2 heterocycles. The second kappa shape index (κ2) is 8.56. The van der Waals surface area contributed by atoms with Gasteiger partial charge in [-0.1, -0.05) is 0 Å². The number of anilines is 1. The molecule has 0 radical (unpaired) electrons. The van der Waals surface area contributed by atoms with Crippen LogP contribution in [-0.2, 0) is 20.8 Å². The minimum atomic E-state index is -0.781. The Morgan fingerprint density at radius 1 is 1.13 bits per heavy atom. The van der Waals surface area contributed by atoms with Crippen molar-refractivity contribution in [3.63, 3.8) is 0 Å². The molecular formula is C20H18N2O8S. The third-order valence-electron chi connectivity index (χ3n) is 4.54. The van der Waals surface area contributed by atoms with Gasteiger partial charge in [-0.15, -0.1) is 11.3 Å². The monoisotopic (exact) mass is 446 g/mol. The van der Waals surface area contributed by atoms with Gasteiger partial charge in [0.1, 0.15) is 16.4 Å². The summed E-state index contributed by atoms with van der Waals surface area (Å²) in [6.45, 7) is 2.50. The highest BCUT2D eigenvalue weighted by Gasteiger charge is 2.27. The number of nitrogens with one attached hydrogen (secondary N) is 1. The largest absolute Gasteiger partial charge is 0.465 e. The summed E-state index contributed by atoms with van der Waals surface area (Å²) in [5.41, 5.74) is 1.19. The zero-order valence-electron chi connectivity index (χ0n) is 17.1. The molecule has 162 valence electrons. The predicted octanol–water partition coefficient (Wildman–Crippen LogP) is 2.38. The zero-order chi connectivity index (χ0) is 22.9. The van der Waals surface area contributed by atoms with E-state index in [2.05, 4.69) is 5.32 Å². The van der Waals surface area contributed by atoms with E-state index >= 15 is 0 Å². The number of rotatable bonds is 6. The van der Waals surface area contributed by atoms with E-state index in [1.165, 1.54) is 46.3 Å². The summed E-state index contributed by atoms with van der Waals surface area (Å²) >= 11 is 0.861. The molecule has 3 aromatic rings. The molecule has 3 rings (SSSR count). The summed E-state index contributed by atoms with van der Waals surface area (Å²) in [5, 5.41) is 2.63. The smallest absolute Gasteiger partial charge is 0.420 e. The molecule has 2 aromatic heterocycles. The topological polar surface area (TPSA) is 134 Å². The average molecular weight is 446 g/mol. The van der Waals surface area contributed by atoms with E-state index in [9.17, 15) is 24.0 Å². The van der Waals surface area contributed by atoms with E-state index in [0.29, 0.717) is 16.6 Å². The maximum absolute atomic E-state index is 12.6. The first-order valence-corrected chi connectivity index (χ1v) is 9.73. The van der Waals surface area contributed by atoms with Crippen molar-refractivity contribution in [2.75, 3.05) is 19.5 Å². The summed E-state index contributed by atoms with van der Waals surface area (Å²) in [7, 11) is 2.38. The Morgan fingerprint density at radius 3 is 2.42 bits per heavy atom. The zero-order valence-corrected chi connectivity index (χ0v) is 17.9. The number of thiophene rings is 1. The van der Waals surface area contributed by atoms with Gasteiger partial charge in [-0.3, -0.25) is 14.2 Å². The van der Waals surface area contributed by atoms with Crippen LogP contribution < -0.4 is 11.1 Å². The molecular weight excluding hydrogens is 428 g/mol. The number of oxazole rings is 1. The molecule has 0 aliphatic rings. The highest BCUT2D eigenvalue weighted by atomic mass is 32.1. The maximum Gasteiger partial charge on any atom is 0.420 e. The van der Waals surface area contributed by atoms with Gasteiger partial charge in [0.15, 0.2) is 11.4 Å². The van der Waals surface area contributed by atoms with Crippen LogP contribution in [0.1, 0.15) is 42.9 Å². The summed E-state index contributed by atoms with van der Waals surface area (Å²) in [6, 6.07) is 4.46. The normalized spacial score (nSPS) is 10.7. The fourth-order valence-corrected chi connectivity index (χ4v) is 4.11. The molecule has 0 saturated heterocycles. The van der Waals surface area contributed by atoms with Gasteiger partial charge < -0.3 is 19.2 Å². The lowest BCUT2D eigenvalue weighted by molar-refractivity contribution is -0.116. The number of esters is 2. The van der Waals surface area contributed by atoms with Crippen LogP contribution in [-0.4, -0.2) is 42.4 Å². The van der Waals surface area contributed by atoms with Gasteiger partial charge in [0.25, 0.3) is 0 Å². The summed E-state index contributed by atoms with van der Waals surface area (Å²) < 4.78 is 15.7. The molecule has 1 N–H and O–H groups in total. The number of amides is 1. The number of benzene rings is 1. The number of ether oxygens (including phenoxy) is 2. The van der Waals surface area contributed by atoms with Crippen LogP contribution in [0.3, 0.4) is 0 Å². The van der Waals surface area contributed by atoms with Crippen LogP contribution in [0.2, 0.25) is 0 Å². The number of carbonyl (C=O) groups is 4. The second-order valence-electron chi connectivity index (χ2n) is 6.48. The number of hydrogen-bond donors (Lipinski definition) is 1. The number of hydrogen-bond acceptors (Lipinski definition) is 9. The Morgan fingerprint density at radius 2 is 1.81 bits per heavy atom. The van der Waals surface area contributed by atoms with Crippen LogP contribution >= 0.6 is 11.3 Å². The van der Waals surface area contributed by atoms with Crippen molar-refractivity contribution < 1.29 is 33.1 Å². The van der Waals surface area contributed by atoms with E-state index in [0.717, 1.165) is 15.9 Å². The molecule has 0 saturated carbocycles. The minimum absolute atomic E-state index is 0.0248. The molecule has 1 aromatic carbocycles. The van der Waals surface area contributed by atoms with Gasteiger partial charge >= 0.3 is 17.7 Å². The number of ketones is 1. The molecule has 0 bridgehead atoms. The number of nitrogens with zero attached hydrogens (tertiary/aromatic N) is 1. The highest BCUT2D eigenvalue weighted by molar-refractivity contribution is 7.18. The Bertz CT molecular complexity index is 1280. The molecule has 0 atom stereocenters. The van der Waals surface area contributed by atoms with E-state index in [-0.39, 0.29) is 26.8 Å². The predicted molar refractivity (Wildman–Crippen MR) is 111 cm³/mol. The first-order chi connectivity index (χ1) is 14.7. The quantitative estimate of drug-likeness (QED) is 0.451. The van der Waals surface area contributed by atoms with Gasteiger partial charge in [-0.05, 0) is 37.6 Å². The van der Waals surface area contributed by atoms with Gasteiger partial charge in [-0.25, -0.2) is 14.4 Å². The van der Waals surface area contributed by atoms with Crippen molar-refractivity contribution in [2.24, 2.45) is 0 Å². The molecule has 10 nitrogen and oxygen atoms in total.